The summed E-state index contributed by atoms with van der Waals surface area (Å²) in [5.41, 5.74) is 6.38. The number of rotatable bonds is 7. The number of anilines is 2. The second-order valence-corrected chi connectivity index (χ2v) is 7.96. The van der Waals surface area contributed by atoms with E-state index >= 15 is 0 Å². The lowest BCUT2D eigenvalue weighted by Crippen LogP contribution is -2.24. The summed E-state index contributed by atoms with van der Waals surface area (Å²) in [5.74, 6) is 2.06. The van der Waals surface area contributed by atoms with Gasteiger partial charge < -0.3 is 35.1 Å². The molecule has 0 saturated carbocycles. The highest BCUT2D eigenvalue weighted by Gasteiger charge is 2.38. The van der Waals surface area contributed by atoms with Crippen LogP contribution in [0.3, 0.4) is 0 Å². The molecule has 11 heteroatoms. The Morgan fingerprint density at radius 1 is 1.37 bits per heavy atom. The van der Waals surface area contributed by atoms with E-state index in [-0.39, 0.29) is 11.4 Å². The summed E-state index contributed by atoms with van der Waals surface area (Å²) in [6.07, 6.45) is -0.0105. The molecule has 4 N–H and O–H groups in total. The fraction of sp³-hybridized carbons (Fsp3) is 0.368. The van der Waals surface area contributed by atoms with Crippen LogP contribution in [0.15, 0.2) is 45.7 Å². The standard InChI is InChI=1S/C19H22N4O5S2/c1-25-9-11-16(26-2)15(24)18(28-11)23-8-13-17(22-19(23)29)21-14-10(27-7-6-20)4-3-5-12(14)30-13/h3-5,8,15,18,24H,6-7,9,20H2,1-2H3,(H,21,22,29)/t15?,18-/m1/s1. The van der Waals surface area contributed by atoms with E-state index in [2.05, 4.69) is 10.3 Å². The number of aromatic nitrogens is 2. The molecule has 0 spiro atoms. The first kappa shape index (κ1) is 20.9. The molecule has 0 radical (unpaired) electrons. The van der Waals surface area contributed by atoms with Gasteiger partial charge in [0.05, 0.1) is 17.7 Å². The van der Waals surface area contributed by atoms with Crippen LogP contribution in [0.1, 0.15) is 6.23 Å². The average molecular weight is 451 g/mol. The van der Waals surface area contributed by atoms with Crippen molar-refractivity contribution in [1.82, 2.24) is 9.55 Å². The van der Waals surface area contributed by atoms with Crippen LogP contribution in [0.4, 0.5) is 11.5 Å². The van der Waals surface area contributed by atoms with Gasteiger partial charge in [-0.2, -0.15) is 0 Å². The Balaban J connectivity index is 1.65. The Hall–Kier alpha value is -2.31. The quantitative estimate of drug-likeness (QED) is 0.464. The first-order chi connectivity index (χ1) is 14.6. The minimum Gasteiger partial charge on any atom is -0.494 e. The minimum absolute atomic E-state index is 0.178. The summed E-state index contributed by atoms with van der Waals surface area (Å²) in [7, 11) is 3.02. The van der Waals surface area contributed by atoms with Crippen molar-refractivity contribution in [2.75, 3.05) is 39.3 Å². The Labute approximate surface area is 182 Å². The molecule has 2 aliphatic rings. The maximum atomic E-state index is 10.7. The highest BCUT2D eigenvalue weighted by molar-refractivity contribution is 7.99. The minimum atomic E-state index is -1.03. The third-order valence-corrected chi connectivity index (χ3v) is 5.97. The van der Waals surface area contributed by atoms with Gasteiger partial charge in [-0.15, -0.1) is 0 Å². The normalized spacial score (nSPS) is 19.6. The molecule has 1 aromatic heterocycles. The molecule has 160 valence electrons. The lowest BCUT2D eigenvalue weighted by molar-refractivity contribution is -0.0200. The summed E-state index contributed by atoms with van der Waals surface area (Å²) in [5, 5.41) is 14.0. The maximum absolute atomic E-state index is 10.7. The van der Waals surface area contributed by atoms with E-state index in [0.29, 0.717) is 36.2 Å². The molecule has 0 bridgehead atoms. The molecule has 1 aromatic carbocycles. The van der Waals surface area contributed by atoms with Gasteiger partial charge in [0.1, 0.15) is 24.8 Å². The van der Waals surface area contributed by atoms with Gasteiger partial charge >= 0.3 is 0 Å². The van der Waals surface area contributed by atoms with Crippen LogP contribution in [-0.4, -0.2) is 54.7 Å². The van der Waals surface area contributed by atoms with Crippen molar-refractivity contribution in [3.8, 4) is 5.75 Å². The molecule has 0 amide bonds. The summed E-state index contributed by atoms with van der Waals surface area (Å²) >= 11 is 7.00. The van der Waals surface area contributed by atoms with Crippen LogP contribution in [-0.2, 0) is 14.2 Å². The van der Waals surface area contributed by atoms with Gasteiger partial charge in [0.15, 0.2) is 17.6 Å². The number of aliphatic hydroxyl groups is 1. The molecule has 0 aliphatic carbocycles. The van der Waals surface area contributed by atoms with E-state index in [9.17, 15) is 5.11 Å². The molecule has 2 aliphatic heterocycles. The molecule has 9 nitrogen and oxygen atoms in total. The number of ether oxygens (including phenoxy) is 4. The van der Waals surface area contributed by atoms with Crippen molar-refractivity contribution in [3.63, 3.8) is 0 Å². The van der Waals surface area contributed by atoms with Gasteiger partial charge in [-0.25, -0.2) is 4.98 Å². The van der Waals surface area contributed by atoms with Crippen molar-refractivity contribution in [3.05, 3.63) is 40.7 Å². The topological polar surface area (TPSA) is 113 Å². The fourth-order valence-corrected chi connectivity index (χ4v) is 4.53. The molecule has 30 heavy (non-hydrogen) atoms. The molecule has 1 unspecified atom stereocenters. The number of hydrogen-bond acceptors (Lipinski definition) is 10. The zero-order chi connectivity index (χ0) is 21.3. The third kappa shape index (κ3) is 3.74. The Kier molecular flexibility index (Phi) is 6.16. The summed E-state index contributed by atoms with van der Waals surface area (Å²) in [6, 6.07) is 5.78. The molecule has 2 aromatic rings. The zero-order valence-electron chi connectivity index (χ0n) is 16.5. The van der Waals surface area contributed by atoms with Crippen LogP contribution in [0.2, 0.25) is 0 Å². The second kappa shape index (κ2) is 8.82. The molecule has 0 saturated heterocycles. The maximum Gasteiger partial charge on any atom is 0.211 e. The van der Waals surface area contributed by atoms with E-state index in [1.165, 1.54) is 18.9 Å². The summed E-state index contributed by atoms with van der Waals surface area (Å²) < 4.78 is 23.9. The first-order valence-electron chi connectivity index (χ1n) is 9.22. The van der Waals surface area contributed by atoms with Crippen molar-refractivity contribution in [2.24, 2.45) is 5.73 Å². The second-order valence-electron chi connectivity index (χ2n) is 6.51. The number of nitrogens with one attached hydrogen (secondary N) is 1. The first-order valence-corrected chi connectivity index (χ1v) is 10.4. The van der Waals surface area contributed by atoms with Crippen molar-refractivity contribution in [1.29, 1.82) is 0 Å². The molecular formula is C19H22N4O5S2. The van der Waals surface area contributed by atoms with Crippen molar-refractivity contribution >= 4 is 35.5 Å². The van der Waals surface area contributed by atoms with Crippen LogP contribution >= 0.6 is 24.0 Å². The highest BCUT2D eigenvalue weighted by atomic mass is 32.2. The number of para-hydroxylation sites is 1. The average Bonchev–Trinajstić information content (AvgIpc) is 3.05. The van der Waals surface area contributed by atoms with Crippen LogP contribution in [0.5, 0.6) is 5.75 Å². The van der Waals surface area contributed by atoms with Gasteiger partial charge in [-0.05, 0) is 24.4 Å². The molecule has 4 rings (SSSR count). The van der Waals surface area contributed by atoms with E-state index in [4.69, 9.17) is 36.9 Å². The van der Waals surface area contributed by atoms with Crippen molar-refractivity contribution < 1.29 is 24.1 Å². The van der Waals surface area contributed by atoms with Gasteiger partial charge in [0, 0.05) is 24.7 Å². The predicted molar refractivity (Wildman–Crippen MR) is 113 cm³/mol. The number of nitrogens with zero attached hydrogens (tertiary/aromatic N) is 2. The highest BCUT2D eigenvalue weighted by Crippen LogP contribution is 2.47. The van der Waals surface area contributed by atoms with Gasteiger partial charge in [0.2, 0.25) is 11.0 Å². The Bertz CT molecular complexity index is 1040. The number of hydrogen-bond donors (Lipinski definition) is 3. The molecule has 3 heterocycles. The van der Waals surface area contributed by atoms with Gasteiger partial charge in [-0.3, -0.25) is 4.57 Å². The lowest BCUT2D eigenvalue weighted by Gasteiger charge is -2.25. The van der Waals surface area contributed by atoms with E-state index in [1.807, 2.05) is 24.4 Å². The number of methoxy groups -OCH3 is 2. The largest absolute Gasteiger partial charge is 0.494 e. The zero-order valence-corrected chi connectivity index (χ0v) is 18.1. The number of benzene rings is 1. The summed E-state index contributed by atoms with van der Waals surface area (Å²) in [4.78, 5) is 6.33. The van der Waals surface area contributed by atoms with E-state index < -0.39 is 12.3 Å². The molecule has 0 fully saturated rings. The predicted octanol–water partition coefficient (Wildman–Crippen LogP) is 2.55. The fourth-order valence-electron chi connectivity index (χ4n) is 3.29. The van der Waals surface area contributed by atoms with Gasteiger partial charge in [-0.1, -0.05) is 17.8 Å². The van der Waals surface area contributed by atoms with Crippen LogP contribution in [0, 0.1) is 4.77 Å². The Morgan fingerprint density at radius 3 is 2.93 bits per heavy atom. The number of aliphatic hydroxyl groups excluding tert-OH is 1. The molecule has 2 atom stereocenters. The Morgan fingerprint density at radius 2 is 2.20 bits per heavy atom. The summed E-state index contributed by atoms with van der Waals surface area (Å²) in [6.45, 7) is 1.02. The van der Waals surface area contributed by atoms with Crippen LogP contribution in [0.25, 0.3) is 0 Å². The lowest BCUT2D eigenvalue weighted by atomic mass is 10.2. The van der Waals surface area contributed by atoms with Gasteiger partial charge in [0.25, 0.3) is 0 Å². The van der Waals surface area contributed by atoms with Crippen molar-refractivity contribution in [2.45, 2.75) is 22.1 Å². The van der Waals surface area contributed by atoms with Crippen LogP contribution < -0.4 is 15.8 Å². The van der Waals surface area contributed by atoms with E-state index in [0.717, 1.165) is 15.5 Å². The number of fused-ring (bicyclic) bond motifs is 2. The SMILES string of the molecule is COCC1=C(OC)C(O)[C@H](n2cc3c(nc2=S)Nc2c(OCCN)cccc2S3)O1. The third-order valence-electron chi connectivity index (χ3n) is 4.59. The smallest absolute Gasteiger partial charge is 0.211 e. The molecular weight excluding hydrogens is 428 g/mol. The number of nitrogens with two attached hydrogens (primary N) is 1. The van der Waals surface area contributed by atoms with E-state index in [1.54, 1.807) is 11.7 Å². The monoisotopic (exact) mass is 450 g/mol.